The molecule has 2 aromatic carbocycles. The lowest BCUT2D eigenvalue weighted by atomic mass is 9.85. The summed E-state index contributed by atoms with van der Waals surface area (Å²) in [4.78, 5) is 12.8. The molecule has 0 bridgehead atoms. The number of aryl methyl sites for hydroxylation is 1. The minimum Gasteiger partial charge on any atom is -0.493 e. The fraction of sp³-hybridized carbons (Fsp3) is 0.192. The number of methoxy groups -OCH3 is 1. The van der Waals surface area contributed by atoms with Crippen molar-refractivity contribution in [3.63, 3.8) is 0 Å². The lowest BCUT2D eigenvalue weighted by molar-refractivity contribution is -0.116. The summed E-state index contributed by atoms with van der Waals surface area (Å²) in [7, 11) is 1.56. The molecule has 0 spiro atoms. The Kier molecular flexibility index (Phi) is 5.52. The minimum absolute atomic E-state index is 0.130. The number of anilines is 1. The van der Waals surface area contributed by atoms with Crippen LogP contribution in [0.1, 0.15) is 34.7 Å². The van der Waals surface area contributed by atoms with E-state index in [9.17, 15) is 9.18 Å². The van der Waals surface area contributed by atoms with Crippen molar-refractivity contribution in [2.24, 2.45) is 0 Å². The van der Waals surface area contributed by atoms with Gasteiger partial charge >= 0.3 is 0 Å². The van der Waals surface area contributed by atoms with Crippen LogP contribution in [0.4, 0.5) is 10.2 Å². The van der Waals surface area contributed by atoms with Crippen LogP contribution in [0.2, 0.25) is 0 Å². The van der Waals surface area contributed by atoms with Gasteiger partial charge in [0.1, 0.15) is 24.6 Å². The molecular formula is C26H22FN7O3. The molecule has 0 saturated carbocycles. The monoisotopic (exact) mass is 499 g/mol. The highest BCUT2D eigenvalue weighted by molar-refractivity contribution is 5.95. The number of ether oxygens (including phenoxy) is 2. The van der Waals surface area contributed by atoms with Crippen LogP contribution >= 0.6 is 0 Å². The molecule has 1 aliphatic heterocycles. The molecule has 10 nitrogen and oxygen atoms in total. The number of amides is 1. The summed E-state index contributed by atoms with van der Waals surface area (Å²) in [5.74, 6) is 1.45. The van der Waals surface area contributed by atoms with Crippen molar-refractivity contribution in [1.29, 1.82) is 0 Å². The first-order chi connectivity index (χ1) is 18.0. The molecule has 1 N–H and O–H groups in total. The Balaban J connectivity index is 1.34. The summed E-state index contributed by atoms with van der Waals surface area (Å²) in [6, 6.07) is 15.4. The number of aromatic nitrogens is 6. The van der Waals surface area contributed by atoms with E-state index >= 15 is 0 Å². The predicted octanol–water partition coefficient (Wildman–Crippen LogP) is 3.82. The van der Waals surface area contributed by atoms with E-state index in [1.807, 2.05) is 19.1 Å². The summed E-state index contributed by atoms with van der Waals surface area (Å²) in [5, 5.41) is 20.0. The summed E-state index contributed by atoms with van der Waals surface area (Å²) < 4.78 is 28.2. The van der Waals surface area contributed by atoms with E-state index in [1.54, 1.807) is 46.6 Å². The molecule has 1 aliphatic rings. The molecule has 0 saturated heterocycles. The van der Waals surface area contributed by atoms with Crippen molar-refractivity contribution < 1.29 is 18.7 Å². The van der Waals surface area contributed by atoms with E-state index in [2.05, 4.69) is 20.6 Å². The van der Waals surface area contributed by atoms with Crippen molar-refractivity contribution in [3.8, 4) is 17.3 Å². The van der Waals surface area contributed by atoms with Crippen molar-refractivity contribution in [1.82, 2.24) is 29.6 Å². The number of nitrogens with one attached hydrogen (secondary N) is 1. The van der Waals surface area contributed by atoms with Gasteiger partial charge in [-0.3, -0.25) is 4.79 Å². The van der Waals surface area contributed by atoms with Crippen LogP contribution in [0.5, 0.6) is 11.5 Å². The zero-order valence-electron chi connectivity index (χ0n) is 20.1. The van der Waals surface area contributed by atoms with Gasteiger partial charge in [-0.2, -0.15) is 14.3 Å². The average Bonchev–Trinajstić information content (AvgIpc) is 3.50. The Bertz CT molecular complexity index is 1640. The first kappa shape index (κ1) is 22.7. The summed E-state index contributed by atoms with van der Waals surface area (Å²) >= 11 is 0. The second kappa shape index (κ2) is 9.01. The number of nitrogens with zero attached hydrogens (tertiary/aromatic N) is 6. The lowest BCUT2D eigenvalue weighted by Crippen LogP contribution is -2.25. The van der Waals surface area contributed by atoms with E-state index < -0.39 is 0 Å². The van der Waals surface area contributed by atoms with E-state index in [1.165, 1.54) is 18.5 Å². The molecule has 37 heavy (non-hydrogen) atoms. The molecule has 0 radical (unpaired) electrons. The van der Waals surface area contributed by atoms with Crippen LogP contribution < -0.4 is 14.8 Å². The van der Waals surface area contributed by atoms with Gasteiger partial charge in [0.05, 0.1) is 12.8 Å². The van der Waals surface area contributed by atoms with E-state index in [0.29, 0.717) is 34.3 Å². The van der Waals surface area contributed by atoms with Crippen LogP contribution in [0.3, 0.4) is 0 Å². The molecule has 5 aromatic rings. The third-order valence-electron chi connectivity index (χ3n) is 6.34. The standard InChI is InChI=1S/C26H22FN7O3/c1-15-25-19(17-6-7-20(21(11-17)36-2)37-13-16-4-3-5-18(27)10-16)12-24(35)29-26(25)34(31-15)23-9-8-22-30-28-14-33(22)32-23/h3-11,14,19H,12-13H2,1-2H3,(H,29,35). The van der Waals surface area contributed by atoms with Crippen molar-refractivity contribution >= 4 is 17.4 Å². The first-order valence-corrected chi connectivity index (χ1v) is 11.6. The average molecular weight is 500 g/mol. The van der Waals surface area contributed by atoms with Crippen molar-refractivity contribution in [2.45, 2.75) is 25.9 Å². The van der Waals surface area contributed by atoms with Crippen molar-refractivity contribution in [3.05, 3.63) is 89.1 Å². The molecule has 11 heteroatoms. The molecule has 3 aromatic heterocycles. The highest BCUT2D eigenvalue weighted by Gasteiger charge is 2.33. The first-order valence-electron chi connectivity index (χ1n) is 11.6. The second-order valence-corrected chi connectivity index (χ2v) is 8.72. The predicted molar refractivity (Wildman–Crippen MR) is 131 cm³/mol. The number of benzene rings is 2. The van der Waals surface area contributed by atoms with E-state index in [0.717, 1.165) is 16.8 Å². The molecule has 4 heterocycles. The Labute approximate surface area is 210 Å². The number of carbonyl (C=O) groups excluding carboxylic acids is 1. The van der Waals surface area contributed by atoms with Gasteiger partial charge in [-0.25, -0.2) is 4.39 Å². The molecule has 186 valence electrons. The Morgan fingerprint density at radius 1 is 1.11 bits per heavy atom. The highest BCUT2D eigenvalue weighted by atomic mass is 19.1. The molecule has 1 unspecified atom stereocenters. The number of fused-ring (bicyclic) bond motifs is 2. The number of carbonyl (C=O) groups is 1. The summed E-state index contributed by atoms with van der Waals surface area (Å²) in [6.45, 7) is 2.10. The topological polar surface area (TPSA) is 108 Å². The third kappa shape index (κ3) is 4.14. The Morgan fingerprint density at radius 2 is 2.00 bits per heavy atom. The minimum atomic E-state index is -0.317. The second-order valence-electron chi connectivity index (χ2n) is 8.72. The maximum absolute atomic E-state index is 13.5. The van der Waals surface area contributed by atoms with E-state index in [-0.39, 0.29) is 30.7 Å². The smallest absolute Gasteiger partial charge is 0.226 e. The van der Waals surface area contributed by atoms with Crippen LogP contribution in [0, 0.1) is 12.7 Å². The van der Waals surface area contributed by atoms with Gasteiger partial charge in [0.25, 0.3) is 0 Å². The number of hydrogen-bond donors (Lipinski definition) is 1. The molecule has 1 amide bonds. The maximum atomic E-state index is 13.5. The largest absolute Gasteiger partial charge is 0.493 e. The fourth-order valence-electron chi connectivity index (χ4n) is 4.64. The molecule has 6 rings (SSSR count). The van der Waals surface area contributed by atoms with Crippen LogP contribution in [-0.2, 0) is 11.4 Å². The summed E-state index contributed by atoms with van der Waals surface area (Å²) in [6.07, 6.45) is 1.76. The fourth-order valence-corrected chi connectivity index (χ4v) is 4.64. The normalized spacial score (nSPS) is 14.9. The lowest BCUT2D eigenvalue weighted by Gasteiger charge is -2.25. The molecule has 1 atom stereocenters. The maximum Gasteiger partial charge on any atom is 0.226 e. The third-order valence-corrected chi connectivity index (χ3v) is 6.34. The zero-order valence-corrected chi connectivity index (χ0v) is 20.1. The van der Waals surface area contributed by atoms with E-state index in [4.69, 9.17) is 14.6 Å². The number of hydrogen-bond acceptors (Lipinski definition) is 7. The van der Waals surface area contributed by atoms with Crippen LogP contribution in [0.15, 0.2) is 60.9 Å². The molecule has 0 fully saturated rings. The quantitative estimate of drug-likeness (QED) is 0.378. The van der Waals surface area contributed by atoms with Gasteiger partial charge in [-0.05, 0) is 54.4 Å². The van der Waals surface area contributed by atoms with Gasteiger partial charge in [0.2, 0.25) is 5.91 Å². The van der Waals surface area contributed by atoms with Gasteiger partial charge in [0, 0.05) is 17.9 Å². The zero-order chi connectivity index (χ0) is 25.5. The molecule has 0 aliphatic carbocycles. The summed E-state index contributed by atoms with van der Waals surface area (Å²) in [5.41, 5.74) is 3.88. The van der Waals surface area contributed by atoms with Gasteiger partial charge in [-0.15, -0.1) is 15.3 Å². The Hall–Kier alpha value is -4.80. The SMILES string of the molecule is COc1cc(C2CC(=O)Nc3c2c(C)nn3-c2ccc3nncn3n2)ccc1OCc1cccc(F)c1. The number of halogens is 1. The van der Waals surface area contributed by atoms with Gasteiger partial charge < -0.3 is 14.8 Å². The Morgan fingerprint density at radius 3 is 2.84 bits per heavy atom. The van der Waals surface area contributed by atoms with Crippen LogP contribution in [-0.4, -0.2) is 42.6 Å². The highest BCUT2D eigenvalue weighted by Crippen LogP contribution is 2.42. The van der Waals surface area contributed by atoms with Crippen molar-refractivity contribution in [2.75, 3.05) is 12.4 Å². The number of rotatable bonds is 6. The molecular weight excluding hydrogens is 477 g/mol. The van der Waals surface area contributed by atoms with Gasteiger partial charge in [-0.1, -0.05) is 18.2 Å². The van der Waals surface area contributed by atoms with Crippen LogP contribution in [0.25, 0.3) is 11.5 Å². The van der Waals surface area contributed by atoms with Gasteiger partial charge in [0.15, 0.2) is 23.0 Å².